The summed E-state index contributed by atoms with van der Waals surface area (Å²) in [5.74, 6) is 1.06. The van der Waals surface area contributed by atoms with Crippen LogP contribution in [0.4, 0.5) is 5.13 Å². The van der Waals surface area contributed by atoms with Gasteiger partial charge in [-0.15, -0.1) is 11.3 Å². The molecule has 0 saturated heterocycles. The number of aryl methyl sites for hydroxylation is 2. The lowest BCUT2D eigenvalue weighted by atomic mass is 9.93. The van der Waals surface area contributed by atoms with E-state index in [4.69, 9.17) is 4.52 Å². The first-order chi connectivity index (χ1) is 9.11. The zero-order valence-electron chi connectivity index (χ0n) is 10.9. The van der Waals surface area contributed by atoms with Crippen molar-refractivity contribution in [3.63, 3.8) is 0 Å². The second-order valence-electron chi connectivity index (χ2n) is 5.01. The normalized spacial score (nSPS) is 18.1. The van der Waals surface area contributed by atoms with Crippen LogP contribution in [0.3, 0.4) is 0 Å². The average Bonchev–Trinajstić information content (AvgIpc) is 2.94. The van der Waals surface area contributed by atoms with Crippen LogP contribution in [0.2, 0.25) is 0 Å². The molecule has 0 aromatic carbocycles. The molecular weight excluding hydrogens is 262 g/mol. The third-order valence-corrected chi connectivity index (χ3v) is 4.30. The van der Waals surface area contributed by atoms with Crippen molar-refractivity contribution in [2.45, 2.75) is 33.1 Å². The Bertz CT molecular complexity index is 617. The van der Waals surface area contributed by atoms with Crippen LogP contribution in [0.25, 0.3) is 0 Å². The quantitative estimate of drug-likeness (QED) is 0.916. The highest BCUT2D eigenvalue weighted by molar-refractivity contribution is 7.15. The molecule has 0 spiro atoms. The summed E-state index contributed by atoms with van der Waals surface area (Å²) >= 11 is 1.57. The number of nitrogens with zero attached hydrogens (tertiary/aromatic N) is 2. The van der Waals surface area contributed by atoms with Crippen molar-refractivity contribution in [2.75, 3.05) is 5.32 Å². The lowest BCUT2D eigenvalue weighted by Crippen LogP contribution is -2.12. The molecular formula is C13H15N3O2S. The molecule has 1 aliphatic carbocycles. The van der Waals surface area contributed by atoms with Gasteiger partial charge in [0.2, 0.25) is 0 Å². The number of anilines is 1. The van der Waals surface area contributed by atoms with E-state index in [1.807, 2.05) is 0 Å². The van der Waals surface area contributed by atoms with Gasteiger partial charge in [0.1, 0.15) is 5.76 Å². The van der Waals surface area contributed by atoms with E-state index < -0.39 is 0 Å². The Morgan fingerprint density at radius 2 is 2.42 bits per heavy atom. The van der Waals surface area contributed by atoms with Crippen LogP contribution in [-0.4, -0.2) is 16.0 Å². The standard InChI is InChI=1S/C13H15N3O2S/c1-7-3-4-9-11(5-7)19-13(14-9)15-12(17)10-6-8(2)18-16-10/h6-7H,3-5H2,1-2H3,(H,14,15,17). The van der Waals surface area contributed by atoms with Gasteiger partial charge in [-0.25, -0.2) is 4.98 Å². The Labute approximate surface area is 115 Å². The molecule has 1 N–H and O–H groups in total. The summed E-state index contributed by atoms with van der Waals surface area (Å²) in [7, 11) is 0. The topological polar surface area (TPSA) is 68.0 Å². The lowest BCUT2D eigenvalue weighted by molar-refractivity contribution is 0.101. The van der Waals surface area contributed by atoms with Crippen molar-refractivity contribution in [3.8, 4) is 0 Å². The predicted octanol–water partition coefficient (Wildman–Crippen LogP) is 2.82. The van der Waals surface area contributed by atoms with E-state index in [9.17, 15) is 4.79 Å². The fraction of sp³-hybridized carbons (Fsp3) is 0.462. The number of hydrogen-bond acceptors (Lipinski definition) is 5. The summed E-state index contributed by atoms with van der Waals surface area (Å²) in [6.45, 7) is 4.01. The summed E-state index contributed by atoms with van der Waals surface area (Å²) < 4.78 is 4.89. The molecule has 0 bridgehead atoms. The molecule has 1 atom stereocenters. The van der Waals surface area contributed by atoms with Crippen LogP contribution in [0, 0.1) is 12.8 Å². The molecule has 1 unspecified atom stereocenters. The number of nitrogens with one attached hydrogen (secondary N) is 1. The number of carbonyl (C=O) groups is 1. The minimum absolute atomic E-state index is 0.268. The van der Waals surface area contributed by atoms with Gasteiger partial charge >= 0.3 is 0 Å². The molecule has 5 nitrogen and oxygen atoms in total. The molecule has 0 saturated carbocycles. The molecule has 2 aromatic rings. The zero-order chi connectivity index (χ0) is 13.4. The minimum Gasteiger partial charge on any atom is -0.361 e. The van der Waals surface area contributed by atoms with Crippen molar-refractivity contribution in [1.29, 1.82) is 0 Å². The fourth-order valence-electron chi connectivity index (χ4n) is 2.23. The Morgan fingerprint density at radius 3 is 3.16 bits per heavy atom. The minimum atomic E-state index is -0.268. The van der Waals surface area contributed by atoms with Crippen LogP contribution in [0.1, 0.15) is 40.2 Å². The van der Waals surface area contributed by atoms with Gasteiger partial charge in [0.05, 0.1) is 5.69 Å². The van der Waals surface area contributed by atoms with Crippen LogP contribution < -0.4 is 5.32 Å². The maximum Gasteiger partial charge on any atom is 0.279 e. The third kappa shape index (κ3) is 2.53. The number of fused-ring (bicyclic) bond motifs is 1. The van der Waals surface area contributed by atoms with Gasteiger partial charge in [-0.1, -0.05) is 12.1 Å². The van der Waals surface area contributed by atoms with Gasteiger partial charge in [-0.3, -0.25) is 10.1 Å². The largest absolute Gasteiger partial charge is 0.361 e. The van der Waals surface area contributed by atoms with Crippen LogP contribution in [0.5, 0.6) is 0 Å². The van der Waals surface area contributed by atoms with Crippen molar-refractivity contribution in [1.82, 2.24) is 10.1 Å². The molecule has 0 radical (unpaired) electrons. The first-order valence-corrected chi connectivity index (χ1v) is 7.16. The monoisotopic (exact) mass is 277 g/mol. The highest BCUT2D eigenvalue weighted by Crippen LogP contribution is 2.32. The lowest BCUT2D eigenvalue weighted by Gasteiger charge is -2.15. The average molecular weight is 277 g/mol. The molecule has 3 rings (SSSR count). The number of rotatable bonds is 2. The predicted molar refractivity (Wildman–Crippen MR) is 72.5 cm³/mol. The molecule has 2 heterocycles. The van der Waals surface area contributed by atoms with E-state index >= 15 is 0 Å². The molecule has 0 fully saturated rings. The number of thiazole rings is 1. The number of aromatic nitrogens is 2. The third-order valence-electron chi connectivity index (χ3n) is 3.27. The zero-order valence-corrected chi connectivity index (χ0v) is 11.7. The van der Waals surface area contributed by atoms with Gasteiger partial charge in [-0.05, 0) is 32.1 Å². The van der Waals surface area contributed by atoms with E-state index in [-0.39, 0.29) is 5.91 Å². The number of amides is 1. The fourth-order valence-corrected chi connectivity index (χ4v) is 3.39. The maximum absolute atomic E-state index is 11.9. The molecule has 6 heteroatoms. The molecule has 1 aliphatic rings. The Morgan fingerprint density at radius 1 is 1.58 bits per heavy atom. The van der Waals surface area contributed by atoms with Gasteiger partial charge in [0, 0.05) is 10.9 Å². The highest BCUT2D eigenvalue weighted by Gasteiger charge is 2.21. The van der Waals surface area contributed by atoms with E-state index in [1.165, 1.54) is 11.3 Å². The van der Waals surface area contributed by atoms with Gasteiger partial charge < -0.3 is 4.52 Å². The molecule has 19 heavy (non-hydrogen) atoms. The summed E-state index contributed by atoms with van der Waals surface area (Å²) in [5, 5.41) is 7.14. The van der Waals surface area contributed by atoms with Crippen LogP contribution in [0.15, 0.2) is 10.6 Å². The van der Waals surface area contributed by atoms with Gasteiger partial charge in [-0.2, -0.15) is 0 Å². The molecule has 100 valence electrons. The van der Waals surface area contributed by atoms with E-state index in [2.05, 4.69) is 22.4 Å². The van der Waals surface area contributed by atoms with Crippen molar-refractivity contribution >= 4 is 22.4 Å². The van der Waals surface area contributed by atoms with Crippen molar-refractivity contribution in [2.24, 2.45) is 5.92 Å². The van der Waals surface area contributed by atoms with Crippen LogP contribution >= 0.6 is 11.3 Å². The van der Waals surface area contributed by atoms with E-state index in [0.29, 0.717) is 22.5 Å². The second kappa shape index (κ2) is 4.77. The first-order valence-electron chi connectivity index (χ1n) is 6.35. The highest BCUT2D eigenvalue weighted by atomic mass is 32.1. The van der Waals surface area contributed by atoms with Crippen molar-refractivity contribution < 1.29 is 9.32 Å². The van der Waals surface area contributed by atoms with Gasteiger partial charge in [0.25, 0.3) is 5.91 Å². The summed E-state index contributed by atoms with van der Waals surface area (Å²) in [6.07, 6.45) is 3.24. The Hall–Kier alpha value is -1.69. The second-order valence-corrected chi connectivity index (χ2v) is 6.10. The number of carbonyl (C=O) groups excluding carboxylic acids is 1. The summed E-state index contributed by atoms with van der Waals surface area (Å²) in [5.41, 5.74) is 1.42. The Kier molecular flexibility index (Phi) is 3.10. The maximum atomic E-state index is 11.9. The smallest absolute Gasteiger partial charge is 0.279 e. The first kappa shape index (κ1) is 12.3. The summed E-state index contributed by atoms with van der Waals surface area (Å²) in [6, 6.07) is 1.62. The van der Waals surface area contributed by atoms with Crippen molar-refractivity contribution in [3.05, 3.63) is 28.1 Å². The SMILES string of the molecule is Cc1cc(C(=O)Nc2nc3c(s2)CC(C)CC3)no1. The van der Waals surface area contributed by atoms with E-state index in [1.54, 1.807) is 24.3 Å². The van der Waals surface area contributed by atoms with Crippen LogP contribution in [-0.2, 0) is 12.8 Å². The molecule has 2 aromatic heterocycles. The molecule has 1 amide bonds. The summed E-state index contributed by atoms with van der Waals surface area (Å²) in [4.78, 5) is 17.7. The molecule has 0 aliphatic heterocycles. The number of hydrogen-bond donors (Lipinski definition) is 1. The Balaban J connectivity index is 1.75. The van der Waals surface area contributed by atoms with E-state index in [0.717, 1.165) is 18.5 Å². The van der Waals surface area contributed by atoms with Gasteiger partial charge in [0.15, 0.2) is 10.8 Å².